The van der Waals surface area contributed by atoms with Gasteiger partial charge in [-0.2, -0.15) is 0 Å². The van der Waals surface area contributed by atoms with Crippen LogP contribution in [0.5, 0.6) is 0 Å². The van der Waals surface area contributed by atoms with Crippen molar-refractivity contribution in [3.8, 4) is 0 Å². The number of hydrogen-bond acceptors (Lipinski definition) is 1. The molecule has 0 saturated carbocycles. The van der Waals surface area contributed by atoms with E-state index in [0.29, 0.717) is 24.5 Å². The van der Waals surface area contributed by atoms with Crippen molar-refractivity contribution in [2.45, 2.75) is 39.0 Å². The van der Waals surface area contributed by atoms with Crippen LogP contribution in [0.15, 0.2) is 30.3 Å². The van der Waals surface area contributed by atoms with Gasteiger partial charge in [0.2, 0.25) is 0 Å². The Balaban J connectivity index is 2.19. The van der Waals surface area contributed by atoms with Gasteiger partial charge in [-0.15, -0.1) is 0 Å². The lowest BCUT2D eigenvalue weighted by atomic mass is 9.91. The summed E-state index contributed by atoms with van der Waals surface area (Å²) >= 11 is 0. The lowest BCUT2D eigenvalue weighted by Gasteiger charge is -2.13. The van der Waals surface area contributed by atoms with E-state index >= 15 is 0 Å². The minimum Gasteiger partial charge on any atom is -0.299 e. The number of ketones is 1. The Morgan fingerprint density at radius 3 is 2.25 bits per heavy atom. The van der Waals surface area contributed by atoms with E-state index in [2.05, 4.69) is 44.2 Å². The molecule has 16 heavy (non-hydrogen) atoms. The zero-order chi connectivity index (χ0) is 11.5. The first-order valence-electron chi connectivity index (χ1n) is 5.98. The number of carbonyl (C=O) groups is 1. The van der Waals surface area contributed by atoms with Gasteiger partial charge in [0, 0.05) is 12.8 Å². The van der Waals surface area contributed by atoms with Crippen molar-refractivity contribution >= 4 is 11.4 Å². The smallest absolute Gasteiger partial charge is 0.137 e. The summed E-state index contributed by atoms with van der Waals surface area (Å²) in [4.78, 5) is 11.1. The largest absolute Gasteiger partial charge is 0.299 e. The SMILES string of the molecule is CC(C)c1ccc(C2=CCC(=O)CC2)cc1. The minimum absolute atomic E-state index is 0.363. The third-order valence-corrected chi connectivity index (χ3v) is 3.20. The molecule has 2 rings (SSSR count). The Hall–Kier alpha value is -1.37. The highest BCUT2D eigenvalue weighted by Gasteiger charge is 2.11. The highest BCUT2D eigenvalue weighted by molar-refractivity contribution is 5.86. The van der Waals surface area contributed by atoms with Crippen molar-refractivity contribution in [1.29, 1.82) is 0 Å². The maximum Gasteiger partial charge on any atom is 0.137 e. The van der Waals surface area contributed by atoms with Crippen molar-refractivity contribution in [2.75, 3.05) is 0 Å². The Kier molecular flexibility index (Phi) is 3.23. The second-order valence-corrected chi connectivity index (χ2v) is 4.75. The van der Waals surface area contributed by atoms with E-state index in [4.69, 9.17) is 0 Å². The van der Waals surface area contributed by atoms with Crippen LogP contribution < -0.4 is 0 Å². The third-order valence-electron chi connectivity index (χ3n) is 3.20. The molecule has 0 saturated heterocycles. The van der Waals surface area contributed by atoms with Gasteiger partial charge in [0.1, 0.15) is 5.78 Å². The van der Waals surface area contributed by atoms with Gasteiger partial charge >= 0.3 is 0 Å². The standard InChI is InChI=1S/C15H18O/c1-11(2)12-3-5-13(6-4-12)14-7-9-15(16)10-8-14/h3-7,11H,8-10H2,1-2H3. The normalized spacial score (nSPS) is 16.4. The average molecular weight is 214 g/mol. The van der Waals surface area contributed by atoms with E-state index in [1.807, 2.05) is 0 Å². The van der Waals surface area contributed by atoms with Gasteiger partial charge in [-0.3, -0.25) is 4.79 Å². The van der Waals surface area contributed by atoms with E-state index in [0.717, 1.165) is 6.42 Å². The van der Waals surface area contributed by atoms with Crippen molar-refractivity contribution in [3.05, 3.63) is 41.5 Å². The summed E-state index contributed by atoms with van der Waals surface area (Å²) < 4.78 is 0. The Labute approximate surface area is 97.2 Å². The molecule has 0 amide bonds. The van der Waals surface area contributed by atoms with Crippen LogP contribution >= 0.6 is 0 Å². The Morgan fingerprint density at radius 1 is 1.06 bits per heavy atom. The third kappa shape index (κ3) is 2.41. The molecule has 0 aromatic heterocycles. The number of benzene rings is 1. The van der Waals surface area contributed by atoms with Crippen LogP contribution in [0.2, 0.25) is 0 Å². The first-order chi connectivity index (χ1) is 7.66. The molecule has 0 heterocycles. The first-order valence-corrected chi connectivity index (χ1v) is 5.98. The molecule has 0 N–H and O–H groups in total. The van der Waals surface area contributed by atoms with E-state index in [-0.39, 0.29) is 0 Å². The molecule has 0 radical (unpaired) electrons. The molecular formula is C15H18O. The summed E-state index contributed by atoms with van der Waals surface area (Å²) in [5.74, 6) is 0.943. The van der Waals surface area contributed by atoms with Gasteiger partial charge < -0.3 is 0 Å². The van der Waals surface area contributed by atoms with Gasteiger partial charge in [-0.05, 0) is 29.0 Å². The quantitative estimate of drug-likeness (QED) is 0.728. The number of carbonyl (C=O) groups excluding carboxylic acids is 1. The topological polar surface area (TPSA) is 17.1 Å². The maximum absolute atomic E-state index is 11.1. The molecule has 1 aliphatic carbocycles. The summed E-state index contributed by atoms with van der Waals surface area (Å²) in [6.45, 7) is 4.40. The zero-order valence-electron chi connectivity index (χ0n) is 9.99. The van der Waals surface area contributed by atoms with E-state index < -0.39 is 0 Å². The predicted molar refractivity (Wildman–Crippen MR) is 67.4 cm³/mol. The lowest BCUT2D eigenvalue weighted by Crippen LogP contribution is -2.03. The molecule has 1 aromatic rings. The van der Waals surface area contributed by atoms with Gasteiger partial charge in [0.25, 0.3) is 0 Å². The number of hydrogen-bond donors (Lipinski definition) is 0. The molecule has 1 nitrogen and oxygen atoms in total. The van der Waals surface area contributed by atoms with E-state index in [9.17, 15) is 4.79 Å². The zero-order valence-corrected chi connectivity index (χ0v) is 9.99. The number of allylic oxidation sites excluding steroid dienone is 2. The van der Waals surface area contributed by atoms with Crippen molar-refractivity contribution in [2.24, 2.45) is 0 Å². The van der Waals surface area contributed by atoms with Crippen molar-refractivity contribution in [1.82, 2.24) is 0 Å². The van der Waals surface area contributed by atoms with E-state index in [1.54, 1.807) is 0 Å². The van der Waals surface area contributed by atoms with Crippen LogP contribution in [-0.4, -0.2) is 5.78 Å². The Bertz CT molecular complexity index is 410. The van der Waals surface area contributed by atoms with Gasteiger partial charge in [0.15, 0.2) is 0 Å². The van der Waals surface area contributed by atoms with Crippen LogP contribution in [0.25, 0.3) is 5.57 Å². The van der Waals surface area contributed by atoms with Crippen molar-refractivity contribution < 1.29 is 4.79 Å². The summed E-state index contributed by atoms with van der Waals surface area (Å²) in [6.07, 6.45) is 4.30. The van der Waals surface area contributed by atoms with Gasteiger partial charge in [0.05, 0.1) is 0 Å². The van der Waals surface area contributed by atoms with Crippen LogP contribution in [0.1, 0.15) is 50.2 Å². The molecule has 0 atom stereocenters. The fourth-order valence-corrected chi connectivity index (χ4v) is 2.06. The van der Waals surface area contributed by atoms with Crippen molar-refractivity contribution in [3.63, 3.8) is 0 Å². The molecule has 0 spiro atoms. The Morgan fingerprint density at radius 2 is 1.75 bits per heavy atom. The fourth-order valence-electron chi connectivity index (χ4n) is 2.06. The monoisotopic (exact) mass is 214 g/mol. The molecule has 84 valence electrons. The summed E-state index contributed by atoms with van der Waals surface area (Å²) in [7, 11) is 0. The maximum atomic E-state index is 11.1. The molecule has 0 fully saturated rings. The highest BCUT2D eigenvalue weighted by Crippen LogP contribution is 2.26. The molecule has 1 heteroatoms. The van der Waals surface area contributed by atoms with Gasteiger partial charge in [-0.25, -0.2) is 0 Å². The second kappa shape index (κ2) is 4.65. The average Bonchev–Trinajstić information content (AvgIpc) is 2.30. The number of rotatable bonds is 2. The minimum atomic E-state index is 0.363. The van der Waals surface area contributed by atoms with E-state index in [1.165, 1.54) is 16.7 Å². The highest BCUT2D eigenvalue weighted by atomic mass is 16.1. The first kappa shape index (κ1) is 11.1. The summed E-state index contributed by atoms with van der Waals surface area (Å²) in [5.41, 5.74) is 3.98. The van der Waals surface area contributed by atoms with Crippen LogP contribution in [-0.2, 0) is 4.79 Å². The molecule has 1 aromatic carbocycles. The molecular weight excluding hydrogens is 196 g/mol. The number of Topliss-reactive ketones (excluding diaryl/α,β-unsaturated/α-hetero) is 1. The summed E-state index contributed by atoms with van der Waals surface area (Å²) in [6, 6.07) is 8.74. The molecule has 0 unspecified atom stereocenters. The molecule has 1 aliphatic rings. The van der Waals surface area contributed by atoms with Crippen LogP contribution in [0, 0.1) is 0 Å². The lowest BCUT2D eigenvalue weighted by molar-refractivity contribution is -0.118. The fraction of sp³-hybridized carbons (Fsp3) is 0.400. The van der Waals surface area contributed by atoms with Crippen LogP contribution in [0.4, 0.5) is 0 Å². The van der Waals surface area contributed by atoms with Gasteiger partial charge in [-0.1, -0.05) is 44.2 Å². The predicted octanol–water partition coefficient (Wildman–Crippen LogP) is 3.95. The molecule has 0 bridgehead atoms. The summed E-state index contributed by atoms with van der Waals surface area (Å²) in [5, 5.41) is 0. The second-order valence-electron chi connectivity index (χ2n) is 4.75. The molecule has 0 aliphatic heterocycles. The van der Waals surface area contributed by atoms with Crippen LogP contribution in [0.3, 0.4) is 0 Å².